The molecule has 2 atom stereocenters. The third kappa shape index (κ3) is 4.44. The van der Waals surface area contributed by atoms with E-state index in [1.54, 1.807) is 24.3 Å². The van der Waals surface area contributed by atoms with Gasteiger partial charge in [0.05, 0.1) is 4.90 Å². The highest BCUT2D eigenvalue weighted by Gasteiger charge is 2.32. The number of benzene rings is 2. The Kier molecular flexibility index (Phi) is 5.98. The molecule has 0 aromatic heterocycles. The van der Waals surface area contributed by atoms with Gasteiger partial charge in [-0.2, -0.15) is 0 Å². The number of rotatable bonds is 5. The first-order chi connectivity index (χ1) is 14.3. The Morgan fingerprint density at radius 1 is 0.933 bits per heavy atom. The van der Waals surface area contributed by atoms with Crippen LogP contribution in [0.2, 0.25) is 0 Å². The summed E-state index contributed by atoms with van der Waals surface area (Å²) in [5, 5.41) is 0. The molecule has 0 spiro atoms. The zero-order valence-electron chi connectivity index (χ0n) is 17.8. The molecule has 1 amide bonds. The van der Waals surface area contributed by atoms with Gasteiger partial charge in [0.2, 0.25) is 0 Å². The Labute approximate surface area is 179 Å². The van der Waals surface area contributed by atoms with Crippen molar-refractivity contribution < 1.29 is 13.2 Å². The van der Waals surface area contributed by atoms with Crippen molar-refractivity contribution in [1.29, 1.82) is 0 Å². The molecule has 0 aliphatic carbocycles. The molecule has 4 rings (SSSR count). The summed E-state index contributed by atoms with van der Waals surface area (Å²) < 4.78 is 23.3. The zero-order valence-corrected chi connectivity index (χ0v) is 18.6. The van der Waals surface area contributed by atoms with E-state index < -0.39 is 9.84 Å². The smallest absolute Gasteiger partial charge is 0.254 e. The Morgan fingerprint density at radius 3 is 2.10 bits per heavy atom. The Balaban J connectivity index is 1.46. The summed E-state index contributed by atoms with van der Waals surface area (Å²) in [6.45, 7) is 5.25. The fourth-order valence-electron chi connectivity index (χ4n) is 4.69. The minimum absolute atomic E-state index is 0.114. The first kappa shape index (κ1) is 21.1. The number of carbonyl (C=O) groups is 1. The van der Waals surface area contributed by atoms with E-state index in [-0.39, 0.29) is 5.91 Å². The number of carbonyl (C=O) groups excluding carboxylic acids is 1. The van der Waals surface area contributed by atoms with Crippen LogP contribution in [-0.4, -0.2) is 62.1 Å². The average molecular weight is 427 g/mol. The molecule has 2 heterocycles. The number of hydrogen-bond acceptors (Lipinski definition) is 4. The average Bonchev–Trinajstić information content (AvgIpc) is 3.36. The van der Waals surface area contributed by atoms with Crippen LogP contribution in [0.5, 0.6) is 0 Å². The van der Waals surface area contributed by atoms with Crippen molar-refractivity contribution in [3.8, 4) is 11.1 Å². The summed E-state index contributed by atoms with van der Waals surface area (Å²) in [7, 11) is -3.20. The second-order valence-electron chi connectivity index (χ2n) is 8.65. The molecule has 0 unspecified atom stereocenters. The van der Waals surface area contributed by atoms with E-state index in [4.69, 9.17) is 0 Å². The number of hydrogen-bond donors (Lipinski definition) is 0. The van der Waals surface area contributed by atoms with Crippen LogP contribution < -0.4 is 0 Å². The lowest BCUT2D eigenvalue weighted by molar-refractivity contribution is 0.0696. The minimum atomic E-state index is -3.20. The second-order valence-corrected chi connectivity index (χ2v) is 10.7. The first-order valence-corrected chi connectivity index (χ1v) is 12.7. The van der Waals surface area contributed by atoms with Crippen molar-refractivity contribution >= 4 is 15.7 Å². The van der Waals surface area contributed by atoms with Gasteiger partial charge in [-0.15, -0.1) is 0 Å². The maximum absolute atomic E-state index is 13.2. The highest BCUT2D eigenvalue weighted by Crippen LogP contribution is 2.26. The van der Waals surface area contributed by atoms with E-state index in [0.29, 0.717) is 22.5 Å². The molecule has 0 bridgehead atoms. The van der Waals surface area contributed by atoms with E-state index in [0.717, 1.165) is 43.6 Å². The van der Waals surface area contributed by atoms with E-state index in [9.17, 15) is 13.2 Å². The summed E-state index contributed by atoms with van der Waals surface area (Å²) >= 11 is 0. The van der Waals surface area contributed by atoms with Crippen LogP contribution in [-0.2, 0) is 9.84 Å². The van der Waals surface area contributed by atoms with Crippen LogP contribution in [0.1, 0.15) is 43.0 Å². The molecule has 0 N–H and O–H groups in total. The molecule has 2 saturated heterocycles. The van der Waals surface area contributed by atoms with E-state index in [2.05, 4.69) is 16.7 Å². The quantitative estimate of drug-likeness (QED) is 0.729. The second kappa shape index (κ2) is 8.52. The summed E-state index contributed by atoms with van der Waals surface area (Å²) in [6.07, 6.45) is 5.88. The van der Waals surface area contributed by atoms with Crippen LogP contribution in [0, 0.1) is 0 Å². The lowest BCUT2D eigenvalue weighted by Crippen LogP contribution is -2.44. The largest absolute Gasteiger partial charge is 0.334 e. The molecule has 2 aliphatic rings. The van der Waals surface area contributed by atoms with E-state index in [1.807, 2.05) is 24.3 Å². The fourth-order valence-corrected chi connectivity index (χ4v) is 5.32. The molecule has 0 radical (unpaired) electrons. The highest BCUT2D eigenvalue weighted by atomic mass is 32.2. The van der Waals surface area contributed by atoms with E-state index >= 15 is 0 Å². The van der Waals surface area contributed by atoms with Gasteiger partial charge in [0.1, 0.15) is 0 Å². The van der Waals surface area contributed by atoms with Crippen molar-refractivity contribution in [3.63, 3.8) is 0 Å². The van der Waals surface area contributed by atoms with Gasteiger partial charge in [-0.05, 0) is 74.5 Å². The summed E-state index contributed by atoms with van der Waals surface area (Å²) in [6, 6.07) is 15.4. The summed E-state index contributed by atoms with van der Waals surface area (Å²) in [5.41, 5.74) is 2.62. The van der Waals surface area contributed by atoms with E-state index in [1.165, 1.54) is 19.1 Å². The molecule has 2 aromatic carbocycles. The predicted molar refractivity (Wildman–Crippen MR) is 119 cm³/mol. The number of sulfone groups is 1. The third-order valence-corrected chi connectivity index (χ3v) is 7.65. The normalized spacial score (nSPS) is 22.5. The molecule has 2 aromatic rings. The van der Waals surface area contributed by atoms with Crippen LogP contribution in [0.3, 0.4) is 0 Å². The summed E-state index contributed by atoms with van der Waals surface area (Å²) in [4.78, 5) is 18.1. The predicted octanol–water partition coefficient (Wildman–Crippen LogP) is 3.85. The maximum atomic E-state index is 13.2. The van der Waals surface area contributed by atoms with Crippen LogP contribution in [0.4, 0.5) is 0 Å². The molecule has 2 aliphatic heterocycles. The van der Waals surface area contributed by atoms with Crippen LogP contribution >= 0.6 is 0 Å². The highest BCUT2D eigenvalue weighted by molar-refractivity contribution is 7.90. The standard InChI is InChI=1S/C24H30N2O3S/c1-18-5-3-15-25(18)17-22-6-4-16-26(22)24(27)21-9-7-19(8-10-21)20-11-13-23(14-12-20)30(2,28)29/h7-14,18,22H,3-6,15-17H2,1-2H3/t18-,22+/m1/s1. The van der Waals surface area contributed by atoms with Crippen molar-refractivity contribution in [2.45, 2.75) is 49.6 Å². The molecule has 2 fully saturated rings. The van der Waals surface area contributed by atoms with Crippen molar-refractivity contribution in [2.24, 2.45) is 0 Å². The first-order valence-electron chi connectivity index (χ1n) is 10.8. The number of nitrogens with zero attached hydrogens (tertiary/aromatic N) is 2. The fraction of sp³-hybridized carbons (Fsp3) is 0.458. The monoisotopic (exact) mass is 426 g/mol. The van der Waals surface area contributed by atoms with Gasteiger partial charge >= 0.3 is 0 Å². The SMILES string of the molecule is C[C@@H]1CCCN1C[C@@H]1CCCN1C(=O)c1ccc(-c2ccc(S(C)(=O)=O)cc2)cc1. The maximum Gasteiger partial charge on any atom is 0.254 e. The number of amides is 1. The lowest BCUT2D eigenvalue weighted by Gasteiger charge is -2.30. The van der Waals surface area contributed by atoms with Gasteiger partial charge in [0.25, 0.3) is 5.91 Å². The molecular weight excluding hydrogens is 396 g/mol. The van der Waals surface area contributed by atoms with Gasteiger partial charge in [-0.3, -0.25) is 9.69 Å². The van der Waals surface area contributed by atoms with Crippen molar-refractivity contribution in [2.75, 3.05) is 25.9 Å². The van der Waals surface area contributed by atoms with Crippen LogP contribution in [0.25, 0.3) is 11.1 Å². The minimum Gasteiger partial charge on any atom is -0.334 e. The molecule has 5 nitrogen and oxygen atoms in total. The topological polar surface area (TPSA) is 57.7 Å². The van der Waals surface area contributed by atoms with Gasteiger partial charge in [0.15, 0.2) is 9.84 Å². The van der Waals surface area contributed by atoms with Gasteiger partial charge in [0, 0.05) is 37.0 Å². The Morgan fingerprint density at radius 2 is 1.53 bits per heavy atom. The summed E-state index contributed by atoms with van der Waals surface area (Å²) in [5.74, 6) is 0.114. The zero-order chi connectivity index (χ0) is 21.3. The Hall–Kier alpha value is -2.18. The molecule has 30 heavy (non-hydrogen) atoms. The van der Waals surface area contributed by atoms with Gasteiger partial charge < -0.3 is 4.90 Å². The van der Waals surface area contributed by atoms with Crippen LogP contribution in [0.15, 0.2) is 53.4 Å². The number of likely N-dealkylation sites (tertiary alicyclic amines) is 2. The third-order valence-electron chi connectivity index (χ3n) is 6.52. The van der Waals surface area contributed by atoms with Crippen molar-refractivity contribution in [3.05, 3.63) is 54.1 Å². The Bertz CT molecular complexity index is 1000. The molecule has 0 saturated carbocycles. The van der Waals surface area contributed by atoms with Gasteiger partial charge in [-0.25, -0.2) is 8.42 Å². The van der Waals surface area contributed by atoms with Crippen molar-refractivity contribution in [1.82, 2.24) is 9.80 Å². The molecule has 6 heteroatoms. The molecular formula is C24H30N2O3S. The molecule has 160 valence electrons. The van der Waals surface area contributed by atoms with Gasteiger partial charge in [-0.1, -0.05) is 24.3 Å². The lowest BCUT2D eigenvalue weighted by atomic mass is 10.0.